The van der Waals surface area contributed by atoms with Gasteiger partial charge in [-0.05, 0) is 31.5 Å². The fraction of sp³-hybridized carbons (Fsp3) is 0.476. The summed E-state index contributed by atoms with van der Waals surface area (Å²) < 4.78 is 76.3. The van der Waals surface area contributed by atoms with Gasteiger partial charge in [-0.2, -0.15) is 26.3 Å². The number of rotatable bonds is 0. The lowest BCUT2D eigenvalue weighted by molar-refractivity contribution is -0.192. The number of alkyl halides is 6. The number of allylic oxidation sites excluding steroid dienone is 1. The van der Waals surface area contributed by atoms with Gasteiger partial charge >= 0.3 is 18.3 Å². The smallest absolute Gasteiger partial charge is 0.489 e. The first-order valence-corrected chi connectivity index (χ1v) is 10.2. The normalized spacial score (nSPS) is 21.5. The third kappa shape index (κ3) is 7.60. The molecule has 35 heavy (non-hydrogen) atoms. The third-order valence-electron chi connectivity index (χ3n) is 5.16. The summed E-state index contributed by atoms with van der Waals surface area (Å²) in [5.41, 5.74) is -1.65. The van der Waals surface area contributed by atoms with Crippen LogP contribution in [0.2, 0.25) is 0 Å². The molecule has 1 aromatic rings. The van der Waals surface area contributed by atoms with Gasteiger partial charge in [0.25, 0.3) is 5.91 Å². The molecule has 1 fully saturated rings. The van der Waals surface area contributed by atoms with Crippen LogP contribution in [0, 0.1) is 5.41 Å². The lowest BCUT2D eigenvalue weighted by Crippen LogP contribution is -2.62. The van der Waals surface area contributed by atoms with Crippen LogP contribution in [0.4, 0.5) is 26.3 Å². The van der Waals surface area contributed by atoms with Gasteiger partial charge in [0, 0.05) is 25.7 Å². The monoisotopic (exact) mass is 511 g/mol. The van der Waals surface area contributed by atoms with Crippen molar-refractivity contribution in [2.45, 2.75) is 31.7 Å². The van der Waals surface area contributed by atoms with Crippen molar-refractivity contribution in [1.82, 2.24) is 16.0 Å². The molecule has 0 saturated carbocycles. The highest BCUT2D eigenvalue weighted by Crippen LogP contribution is 2.33. The van der Waals surface area contributed by atoms with E-state index < -0.39 is 35.2 Å². The maximum absolute atomic E-state index is 13.0. The Bertz CT molecular complexity index is 973. The Balaban J connectivity index is 0.000000540. The van der Waals surface area contributed by atoms with Gasteiger partial charge in [0.2, 0.25) is 5.91 Å². The van der Waals surface area contributed by atoms with E-state index in [-0.39, 0.29) is 36.4 Å². The van der Waals surface area contributed by atoms with E-state index in [1.54, 1.807) is 13.0 Å². The Labute approximate surface area is 195 Å². The number of hydrogen-bond acceptors (Lipinski definition) is 5. The van der Waals surface area contributed by atoms with Crippen LogP contribution in [-0.4, -0.2) is 61.3 Å². The van der Waals surface area contributed by atoms with E-state index in [9.17, 15) is 35.9 Å². The molecule has 1 atom stereocenters. The summed E-state index contributed by atoms with van der Waals surface area (Å²) in [6.45, 7) is 3.01. The Morgan fingerprint density at radius 3 is 2.26 bits per heavy atom. The maximum atomic E-state index is 13.0. The maximum Gasteiger partial charge on any atom is 0.490 e. The molecule has 2 heterocycles. The average Bonchev–Trinajstić information content (AvgIpc) is 2.71. The molecule has 0 aliphatic carbocycles. The molecular formula is C21H23F6N3O5. The van der Waals surface area contributed by atoms with Crippen LogP contribution in [0.1, 0.15) is 29.3 Å². The standard InChI is InChI=1S/C19H22F3N3O3.C2HF3O2/c1-12-9-24-16(26)14-8-13(19(20,21)22)4-5-15(14)28-7-3-2-6-18(10-23-11-18)17(27)25-12;3-2(4,5)1(6)7/h2-5,8,12,23H,6-7,9-11H2,1H3,(H,24,26)(H,25,27);(H,6,7)/b3-2+;/t12-;/m1./s1. The molecule has 0 aromatic heterocycles. The molecule has 1 saturated heterocycles. The minimum absolute atomic E-state index is 0.0731. The molecule has 1 aromatic carbocycles. The average molecular weight is 511 g/mol. The summed E-state index contributed by atoms with van der Waals surface area (Å²) in [4.78, 5) is 34.0. The van der Waals surface area contributed by atoms with Crippen molar-refractivity contribution in [2.75, 3.05) is 26.2 Å². The van der Waals surface area contributed by atoms with Gasteiger partial charge in [-0.15, -0.1) is 0 Å². The largest absolute Gasteiger partial charge is 0.490 e. The SMILES string of the molecule is C[C@@H]1CNC(=O)c2cc(C(F)(F)F)ccc2OC/C=C/CC2(CNC2)C(=O)N1.O=C(O)C(F)(F)F. The number of fused-ring (bicyclic) bond motifs is 1. The number of halogens is 6. The van der Waals surface area contributed by atoms with E-state index in [4.69, 9.17) is 14.6 Å². The highest BCUT2D eigenvalue weighted by atomic mass is 19.4. The molecule has 0 radical (unpaired) electrons. The van der Waals surface area contributed by atoms with Crippen LogP contribution >= 0.6 is 0 Å². The number of nitrogens with one attached hydrogen (secondary N) is 3. The number of hydrogen-bond donors (Lipinski definition) is 4. The Morgan fingerprint density at radius 1 is 1.11 bits per heavy atom. The molecule has 4 N–H and O–H groups in total. The molecule has 8 nitrogen and oxygen atoms in total. The zero-order chi connectivity index (χ0) is 26.4. The Hall–Kier alpha value is -3.29. The number of carbonyl (C=O) groups is 3. The van der Waals surface area contributed by atoms with Crippen LogP contribution < -0.4 is 20.7 Å². The fourth-order valence-electron chi connectivity index (χ4n) is 3.12. The topological polar surface area (TPSA) is 117 Å². The van der Waals surface area contributed by atoms with Gasteiger partial charge in [-0.1, -0.05) is 12.2 Å². The summed E-state index contributed by atoms with van der Waals surface area (Å²) in [5, 5.41) is 15.7. The van der Waals surface area contributed by atoms with E-state index in [0.29, 0.717) is 19.5 Å². The second-order valence-corrected chi connectivity index (χ2v) is 7.97. The van der Waals surface area contributed by atoms with Gasteiger partial charge < -0.3 is 25.8 Å². The number of amides is 2. The second kappa shape index (κ2) is 11.0. The predicted octanol–water partition coefficient (Wildman–Crippen LogP) is 2.50. The number of carboxylic acids is 1. The summed E-state index contributed by atoms with van der Waals surface area (Å²) in [6.07, 6.45) is -5.61. The van der Waals surface area contributed by atoms with Crippen molar-refractivity contribution in [3.63, 3.8) is 0 Å². The summed E-state index contributed by atoms with van der Waals surface area (Å²) in [5.74, 6) is -3.49. The summed E-state index contributed by atoms with van der Waals surface area (Å²) >= 11 is 0. The predicted molar refractivity (Wildman–Crippen MR) is 110 cm³/mol. The van der Waals surface area contributed by atoms with E-state index in [1.165, 1.54) is 0 Å². The van der Waals surface area contributed by atoms with Gasteiger partial charge in [-0.3, -0.25) is 9.59 Å². The van der Waals surface area contributed by atoms with Crippen LogP contribution in [0.5, 0.6) is 5.75 Å². The second-order valence-electron chi connectivity index (χ2n) is 7.97. The number of carbonyl (C=O) groups excluding carboxylic acids is 2. The molecule has 0 bridgehead atoms. The molecule has 2 amide bonds. The van der Waals surface area contributed by atoms with Crippen molar-refractivity contribution in [1.29, 1.82) is 0 Å². The van der Waals surface area contributed by atoms with Gasteiger partial charge in [0.15, 0.2) is 0 Å². The van der Waals surface area contributed by atoms with Crippen LogP contribution in [0.3, 0.4) is 0 Å². The highest BCUT2D eigenvalue weighted by molar-refractivity contribution is 5.97. The molecule has 14 heteroatoms. The van der Waals surface area contributed by atoms with Crippen LogP contribution in [0.25, 0.3) is 0 Å². The van der Waals surface area contributed by atoms with E-state index >= 15 is 0 Å². The minimum atomic E-state index is -5.08. The lowest BCUT2D eigenvalue weighted by Gasteiger charge is -2.41. The first kappa shape index (κ1) is 28.0. The number of benzene rings is 1. The lowest BCUT2D eigenvalue weighted by atomic mass is 9.77. The zero-order valence-corrected chi connectivity index (χ0v) is 18.3. The summed E-state index contributed by atoms with van der Waals surface area (Å²) in [6, 6.07) is 2.44. The Morgan fingerprint density at radius 2 is 1.74 bits per heavy atom. The first-order chi connectivity index (χ1) is 16.2. The fourth-order valence-corrected chi connectivity index (χ4v) is 3.12. The molecular weight excluding hydrogens is 488 g/mol. The molecule has 1 spiro atoms. The minimum Gasteiger partial charge on any atom is -0.489 e. The third-order valence-corrected chi connectivity index (χ3v) is 5.16. The molecule has 2 aliphatic rings. The van der Waals surface area contributed by atoms with Crippen molar-refractivity contribution < 1.29 is 50.6 Å². The van der Waals surface area contributed by atoms with Gasteiger partial charge in [0.05, 0.1) is 16.5 Å². The molecule has 0 unspecified atom stereocenters. The van der Waals surface area contributed by atoms with E-state index in [2.05, 4.69) is 16.0 Å². The van der Waals surface area contributed by atoms with E-state index in [1.807, 2.05) is 6.08 Å². The zero-order valence-electron chi connectivity index (χ0n) is 18.3. The van der Waals surface area contributed by atoms with Gasteiger partial charge in [-0.25, -0.2) is 4.79 Å². The van der Waals surface area contributed by atoms with Gasteiger partial charge in [0.1, 0.15) is 12.4 Å². The first-order valence-electron chi connectivity index (χ1n) is 10.2. The number of carboxylic acid groups (broad SMARTS) is 1. The molecule has 194 valence electrons. The number of ether oxygens (including phenoxy) is 1. The summed E-state index contributed by atoms with van der Waals surface area (Å²) in [7, 11) is 0. The van der Waals surface area contributed by atoms with Crippen molar-refractivity contribution in [3.8, 4) is 5.75 Å². The molecule has 3 rings (SSSR count). The Kier molecular flexibility index (Phi) is 8.76. The van der Waals surface area contributed by atoms with Crippen molar-refractivity contribution in [3.05, 3.63) is 41.5 Å². The van der Waals surface area contributed by atoms with Crippen LogP contribution in [0.15, 0.2) is 30.4 Å². The van der Waals surface area contributed by atoms with Crippen molar-refractivity contribution in [2.24, 2.45) is 5.41 Å². The quantitative estimate of drug-likeness (QED) is 0.314. The van der Waals surface area contributed by atoms with Crippen molar-refractivity contribution >= 4 is 17.8 Å². The van der Waals surface area contributed by atoms with Crippen LogP contribution in [-0.2, 0) is 15.8 Å². The van der Waals surface area contributed by atoms with E-state index in [0.717, 1.165) is 18.2 Å². The number of aliphatic carboxylic acids is 1. The highest BCUT2D eigenvalue weighted by Gasteiger charge is 2.43. The molecule has 2 aliphatic heterocycles.